The molecule has 0 aliphatic carbocycles. The molecule has 0 spiro atoms. The summed E-state index contributed by atoms with van der Waals surface area (Å²) in [5.41, 5.74) is 4.92. The number of rotatable bonds is 8. The van der Waals surface area contributed by atoms with E-state index in [4.69, 9.17) is 0 Å². The molecule has 4 aromatic carbocycles. The number of hydrogen-bond donors (Lipinski definition) is 2. The summed E-state index contributed by atoms with van der Waals surface area (Å²) in [4.78, 5) is 7.72. The second-order valence-electron chi connectivity index (χ2n) is 8.35. The highest BCUT2D eigenvalue weighted by Gasteiger charge is 2.45. The lowest BCUT2D eigenvalue weighted by atomic mass is 9.64. The highest BCUT2D eigenvalue weighted by atomic mass is 19.1. The molecule has 1 unspecified atom stereocenters. The molecule has 4 heteroatoms. The fourth-order valence-electron chi connectivity index (χ4n) is 4.85. The van der Waals surface area contributed by atoms with E-state index in [1.807, 2.05) is 36.5 Å². The fraction of sp³-hybridized carbons (Fsp3) is 0.100. The molecule has 0 aliphatic heterocycles. The number of imidazole rings is 1. The van der Waals surface area contributed by atoms with Crippen molar-refractivity contribution in [1.82, 2.24) is 15.3 Å². The Bertz CT molecular complexity index is 1190. The molecule has 2 N–H and O–H groups in total. The molecular formula is C30H26FN3. The Balaban J connectivity index is 1.74. The van der Waals surface area contributed by atoms with Gasteiger partial charge in [-0.3, -0.25) is 0 Å². The number of nitrogens with zero attached hydrogens (tertiary/aromatic N) is 1. The van der Waals surface area contributed by atoms with Gasteiger partial charge in [-0.15, -0.1) is 0 Å². The summed E-state index contributed by atoms with van der Waals surface area (Å²) >= 11 is 0. The fourth-order valence-corrected chi connectivity index (χ4v) is 4.85. The van der Waals surface area contributed by atoms with Gasteiger partial charge in [0.15, 0.2) is 0 Å². The van der Waals surface area contributed by atoms with Gasteiger partial charge in [0.05, 0.1) is 23.5 Å². The summed E-state index contributed by atoms with van der Waals surface area (Å²) in [6, 6.07) is 38.2. The Morgan fingerprint density at radius 3 is 1.65 bits per heavy atom. The second-order valence-corrected chi connectivity index (χ2v) is 8.35. The maximum atomic E-state index is 13.5. The summed E-state index contributed by atoms with van der Waals surface area (Å²) < 4.78 is 13.5. The van der Waals surface area contributed by atoms with Crippen LogP contribution < -0.4 is 5.32 Å². The van der Waals surface area contributed by atoms with E-state index in [0.717, 1.165) is 11.3 Å². The van der Waals surface area contributed by atoms with E-state index < -0.39 is 5.41 Å². The van der Waals surface area contributed by atoms with Crippen LogP contribution >= 0.6 is 0 Å². The molecule has 0 amide bonds. The minimum absolute atomic E-state index is 0.188. The van der Waals surface area contributed by atoms with Gasteiger partial charge in [0, 0.05) is 12.7 Å². The lowest BCUT2D eigenvalue weighted by Crippen LogP contribution is -2.44. The van der Waals surface area contributed by atoms with Gasteiger partial charge in [-0.05, 0) is 34.4 Å². The summed E-state index contributed by atoms with van der Waals surface area (Å²) in [6.07, 6.45) is 3.60. The topological polar surface area (TPSA) is 40.7 Å². The van der Waals surface area contributed by atoms with Crippen molar-refractivity contribution in [3.63, 3.8) is 0 Å². The van der Waals surface area contributed by atoms with E-state index in [0.29, 0.717) is 6.54 Å². The van der Waals surface area contributed by atoms with Gasteiger partial charge in [-0.25, -0.2) is 9.37 Å². The third kappa shape index (κ3) is 4.16. The van der Waals surface area contributed by atoms with Crippen molar-refractivity contribution in [3.8, 4) is 0 Å². The maximum absolute atomic E-state index is 13.5. The Labute approximate surface area is 199 Å². The van der Waals surface area contributed by atoms with E-state index in [9.17, 15) is 4.39 Å². The van der Waals surface area contributed by atoms with Crippen molar-refractivity contribution in [3.05, 3.63) is 162 Å². The SMILES string of the molecule is Fc1ccc(CNC(c2cnc[nH]2)C(c2ccccc2)(c2ccccc2)c2ccccc2)cc1. The molecule has 0 aliphatic rings. The van der Waals surface area contributed by atoms with Gasteiger partial charge in [-0.1, -0.05) is 103 Å². The van der Waals surface area contributed by atoms with Crippen LogP contribution in [-0.2, 0) is 12.0 Å². The number of halogens is 1. The van der Waals surface area contributed by atoms with Gasteiger partial charge in [0.2, 0.25) is 0 Å². The Kier molecular flexibility index (Phi) is 6.32. The average molecular weight is 448 g/mol. The lowest BCUT2D eigenvalue weighted by Gasteiger charge is -2.43. The van der Waals surface area contributed by atoms with E-state index in [-0.39, 0.29) is 11.9 Å². The predicted octanol–water partition coefficient (Wildman–Crippen LogP) is 6.41. The van der Waals surface area contributed by atoms with Crippen LogP contribution in [0.4, 0.5) is 4.39 Å². The quantitative estimate of drug-likeness (QED) is 0.270. The molecule has 1 heterocycles. The molecule has 0 radical (unpaired) electrons. The van der Waals surface area contributed by atoms with Crippen molar-refractivity contribution in [2.75, 3.05) is 0 Å². The van der Waals surface area contributed by atoms with Crippen LogP contribution in [0.25, 0.3) is 0 Å². The van der Waals surface area contributed by atoms with E-state index in [1.165, 1.54) is 28.8 Å². The zero-order valence-electron chi connectivity index (χ0n) is 18.7. The molecule has 5 aromatic rings. The van der Waals surface area contributed by atoms with Gasteiger partial charge in [-0.2, -0.15) is 0 Å². The summed E-state index contributed by atoms with van der Waals surface area (Å²) in [5.74, 6) is -0.235. The predicted molar refractivity (Wildman–Crippen MR) is 134 cm³/mol. The number of hydrogen-bond acceptors (Lipinski definition) is 2. The largest absolute Gasteiger partial charge is 0.347 e. The van der Waals surface area contributed by atoms with Crippen LogP contribution in [0.5, 0.6) is 0 Å². The zero-order chi connectivity index (χ0) is 23.2. The number of nitrogens with one attached hydrogen (secondary N) is 2. The third-order valence-corrected chi connectivity index (χ3v) is 6.37. The molecule has 1 atom stereocenters. The van der Waals surface area contributed by atoms with Crippen molar-refractivity contribution >= 4 is 0 Å². The molecule has 5 rings (SSSR count). The van der Waals surface area contributed by atoms with Crippen LogP contribution in [0, 0.1) is 5.82 Å². The number of benzene rings is 4. The van der Waals surface area contributed by atoms with Gasteiger partial charge < -0.3 is 10.3 Å². The maximum Gasteiger partial charge on any atom is 0.123 e. The first-order valence-corrected chi connectivity index (χ1v) is 11.4. The minimum atomic E-state index is -0.559. The first-order valence-electron chi connectivity index (χ1n) is 11.4. The number of aromatic nitrogens is 2. The van der Waals surface area contributed by atoms with E-state index >= 15 is 0 Å². The molecule has 34 heavy (non-hydrogen) atoms. The summed E-state index contributed by atoms with van der Waals surface area (Å²) in [5, 5.41) is 3.80. The smallest absolute Gasteiger partial charge is 0.123 e. The summed E-state index contributed by atoms with van der Waals surface area (Å²) in [7, 11) is 0. The Hall–Kier alpha value is -4.02. The Morgan fingerprint density at radius 2 is 1.21 bits per heavy atom. The zero-order valence-corrected chi connectivity index (χ0v) is 18.7. The first-order chi connectivity index (χ1) is 16.8. The number of aromatic amines is 1. The Morgan fingerprint density at radius 1 is 0.706 bits per heavy atom. The van der Waals surface area contributed by atoms with Crippen LogP contribution in [0.15, 0.2) is 128 Å². The van der Waals surface area contributed by atoms with E-state index in [1.54, 1.807) is 6.33 Å². The normalized spacial score (nSPS) is 12.4. The van der Waals surface area contributed by atoms with Crippen LogP contribution in [0.1, 0.15) is 34.0 Å². The van der Waals surface area contributed by atoms with Crippen molar-refractivity contribution in [1.29, 1.82) is 0 Å². The van der Waals surface area contributed by atoms with Crippen molar-refractivity contribution < 1.29 is 4.39 Å². The molecule has 1 aromatic heterocycles. The monoisotopic (exact) mass is 447 g/mol. The van der Waals surface area contributed by atoms with Crippen molar-refractivity contribution in [2.45, 2.75) is 18.0 Å². The molecule has 0 bridgehead atoms. The third-order valence-electron chi connectivity index (χ3n) is 6.37. The molecule has 3 nitrogen and oxygen atoms in total. The number of H-pyrrole nitrogens is 1. The first kappa shape index (κ1) is 21.8. The molecule has 168 valence electrons. The molecule has 0 fully saturated rings. The van der Waals surface area contributed by atoms with Gasteiger partial charge >= 0.3 is 0 Å². The van der Waals surface area contributed by atoms with Crippen molar-refractivity contribution in [2.24, 2.45) is 0 Å². The van der Waals surface area contributed by atoms with Gasteiger partial charge in [0.1, 0.15) is 5.82 Å². The van der Waals surface area contributed by atoms with Crippen LogP contribution in [0.2, 0.25) is 0 Å². The highest BCUT2D eigenvalue weighted by molar-refractivity contribution is 5.53. The molecule has 0 saturated heterocycles. The lowest BCUT2D eigenvalue weighted by molar-refractivity contribution is 0.390. The second kappa shape index (κ2) is 9.86. The highest BCUT2D eigenvalue weighted by Crippen LogP contribution is 2.48. The van der Waals surface area contributed by atoms with Gasteiger partial charge in [0.25, 0.3) is 0 Å². The average Bonchev–Trinajstić information content (AvgIpc) is 3.44. The van der Waals surface area contributed by atoms with Crippen LogP contribution in [-0.4, -0.2) is 9.97 Å². The summed E-state index contributed by atoms with van der Waals surface area (Å²) in [6.45, 7) is 0.568. The molecule has 0 saturated carbocycles. The standard InChI is InChI=1S/C30H26FN3/c31-27-18-16-23(17-19-27)20-33-29(28-21-32-22-34-28)30(24-10-4-1-5-11-24,25-12-6-2-7-13-25)26-14-8-3-9-15-26/h1-19,21-22,29,33H,20H2,(H,32,34). The molecular weight excluding hydrogens is 421 g/mol. The van der Waals surface area contributed by atoms with E-state index in [2.05, 4.69) is 88.1 Å². The van der Waals surface area contributed by atoms with Crippen LogP contribution in [0.3, 0.4) is 0 Å². The minimum Gasteiger partial charge on any atom is -0.347 e.